The fourth-order valence-electron chi connectivity index (χ4n) is 2.59. The van der Waals surface area contributed by atoms with Crippen LogP contribution < -0.4 is 9.46 Å². The predicted octanol–water partition coefficient (Wildman–Crippen LogP) is 1.18. The molecule has 1 aliphatic heterocycles. The third-order valence-electron chi connectivity index (χ3n) is 3.98. The Morgan fingerprint density at radius 3 is 2.12 bits per heavy atom. The van der Waals surface area contributed by atoms with Gasteiger partial charge in [-0.2, -0.15) is 0 Å². The maximum absolute atomic E-state index is 12.3. The second-order valence-electron chi connectivity index (χ2n) is 5.70. The van der Waals surface area contributed by atoms with Crippen molar-refractivity contribution in [1.82, 2.24) is 9.03 Å². The van der Waals surface area contributed by atoms with Crippen LogP contribution in [0, 0.1) is 0 Å². The van der Waals surface area contributed by atoms with Crippen LogP contribution in [0.5, 0.6) is 5.75 Å². The Morgan fingerprint density at radius 1 is 1.00 bits per heavy atom. The molecule has 0 aliphatic carbocycles. The Bertz CT molecular complexity index is 722. The topological polar surface area (TPSA) is 92.8 Å². The van der Waals surface area contributed by atoms with Crippen LogP contribution >= 0.6 is 0 Å². The van der Waals surface area contributed by atoms with E-state index in [9.17, 15) is 16.8 Å². The summed E-state index contributed by atoms with van der Waals surface area (Å²) < 4.78 is 57.8. The van der Waals surface area contributed by atoms with Crippen LogP contribution in [0.3, 0.4) is 0 Å². The Labute approximate surface area is 144 Å². The average Bonchev–Trinajstić information content (AvgIpc) is 2.84. The van der Waals surface area contributed by atoms with E-state index in [-0.39, 0.29) is 17.2 Å². The van der Waals surface area contributed by atoms with Gasteiger partial charge in [0.15, 0.2) is 0 Å². The molecule has 1 N–H and O–H groups in total. The first-order chi connectivity index (χ1) is 11.3. The first-order valence-electron chi connectivity index (χ1n) is 7.97. The van der Waals surface area contributed by atoms with Crippen molar-refractivity contribution < 1.29 is 21.6 Å². The minimum absolute atomic E-state index is 0.0791. The van der Waals surface area contributed by atoms with E-state index in [4.69, 9.17) is 4.74 Å². The van der Waals surface area contributed by atoms with Crippen LogP contribution in [-0.4, -0.2) is 53.6 Å². The fourth-order valence-corrected chi connectivity index (χ4v) is 5.19. The number of sulfonamides is 2. The van der Waals surface area contributed by atoms with Crippen LogP contribution in [0.25, 0.3) is 0 Å². The predicted molar refractivity (Wildman–Crippen MR) is 92.0 cm³/mol. The maximum Gasteiger partial charge on any atom is 0.240 e. The summed E-state index contributed by atoms with van der Waals surface area (Å²) in [5.41, 5.74) is 0. The maximum atomic E-state index is 12.3. The molecule has 24 heavy (non-hydrogen) atoms. The number of ether oxygens (including phenoxy) is 1. The van der Waals surface area contributed by atoms with Crippen LogP contribution in [0.15, 0.2) is 29.2 Å². The molecule has 0 amide bonds. The normalized spacial score (nSPS) is 17.4. The molecule has 1 aliphatic rings. The molecular formula is C15H24N2O5S2. The van der Waals surface area contributed by atoms with E-state index in [1.807, 2.05) is 0 Å². The summed E-state index contributed by atoms with van der Waals surface area (Å²) in [7, 11) is -5.67. The first kappa shape index (κ1) is 19.2. The van der Waals surface area contributed by atoms with Crippen molar-refractivity contribution in [2.75, 3.05) is 32.5 Å². The van der Waals surface area contributed by atoms with Gasteiger partial charge in [0.2, 0.25) is 20.0 Å². The van der Waals surface area contributed by atoms with Gasteiger partial charge in [-0.05, 0) is 37.1 Å². The van der Waals surface area contributed by atoms with Crippen molar-refractivity contribution in [3.63, 3.8) is 0 Å². The van der Waals surface area contributed by atoms with Gasteiger partial charge < -0.3 is 4.74 Å². The quantitative estimate of drug-likeness (QED) is 0.771. The van der Waals surface area contributed by atoms with Crippen molar-refractivity contribution in [2.24, 2.45) is 0 Å². The highest BCUT2D eigenvalue weighted by Crippen LogP contribution is 2.16. The largest absolute Gasteiger partial charge is 0.497 e. The Kier molecular flexibility index (Phi) is 6.62. The molecule has 0 bridgehead atoms. The van der Waals surface area contributed by atoms with E-state index in [1.165, 1.54) is 23.5 Å². The number of hydrogen-bond acceptors (Lipinski definition) is 5. The third kappa shape index (κ3) is 5.17. The lowest BCUT2D eigenvalue weighted by molar-refractivity contribution is 0.414. The first-order valence-corrected chi connectivity index (χ1v) is 11.1. The number of nitrogens with one attached hydrogen (secondary N) is 1. The number of rotatable bonds is 7. The Morgan fingerprint density at radius 2 is 1.58 bits per heavy atom. The highest BCUT2D eigenvalue weighted by atomic mass is 32.2. The van der Waals surface area contributed by atoms with Crippen LogP contribution in [0.1, 0.15) is 25.7 Å². The lowest BCUT2D eigenvalue weighted by Crippen LogP contribution is -2.38. The van der Waals surface area contributed by atoms with Gasteiger partial charge in [0.25, 0.3) is 0 Å². The molecule has 2 rings (SSSR count). The number of nitrogens with zero attached hydrogens (tertiary/aromatic N) is 1. The lowest BCUT2D eigenvalue weighted by atomic mass is 10.2. The van der Waals surface area contributed by atoms with Gasteiger partial charge in [-0.3, -0.25) is 0 Å². The highest BCUT2D eigenvalue weighted by Gasteiger charge is 2.23. The van der Waals surface area contributed by atoms with Gasteiger partial charge in [0.1, 0.15) is 5.75 Å². The smallest absolute Gasteiger partial charge is 0.240 e. The van der Waals surface area contributed by atoms with Gasteiger partial charge in [0, 0.05) is 19.6 Å². The standard InChI is InChI=1S/C15H24N2O5S2/c1-22-14-6-8-15(9-7-14)24(20,21)16-10-13-23(18,19)17-11-4-2-3-5-12-17/h6-9,16H,2-5,10-13H2,1H3. The zero-order valence-corrected chi connectivity index (χ0v) is 15.4. The van der Waals surface area contributed by atoms with E-state index >= 15 is 0 Å². The van der Waals surface area contributed by atoms with Crippen LogP contribution in [0.4, 0.5) is 0 Å². The SMILES string of the molecule is COc1ccc(S(=O)(=O)NCCS(=O)(=O)N2CCCCCC2)cc1. The summed E-state index contributed by atoms with van der Waals surface area (Å²) in [6.07, 6.45) is 3.79. The zero-order chi connectivity index (χ0) is 17.6. The van der Waals surface area contributed by atoms with Crippen LogP contribution in [0.2, 0.25) is 0 Å². The monoisotopic (exact) mass is 376 g/mol. The van der Waals surface area contributed by atoms with Crippen molar-refractivity contribution in [3.8, 4) is 5.75 Å². The van der Waals surface area contributed by atoms with Gasteiger partial charge in [-0.1, -0.05) is 12.8 Å². The van der Waals surface area contributed by atoms with Crippen LogP contribution in [-0.2, 0) is 20.0 Å². The third-order valence-corrected chi connectivity index (χ3v) is 7.33. The number of hydrogen-bond donors (Lipinski definition) is 1. The second-order valence-corrected chi connectivity index (χ2v) is 9.56. The summed E-state index contributed by atoms with van der Waals surface area (Å²) in [6.45, 7) is 0.897. The Hall–Kier alpha value is -1.16. The van der Waals surface area contributed by atoms with E-state index in [1.54, 1.807) is 12.1 Å². The molecule has 0 radical (unpaired) electrons. The molecule has 0 saturated carbocycles. The summed E-state index contributed by atoms with van der Waals surface area (Å²) in [6, 6.07) is 5.93. The molecule has 1 aromatic carbocycles. The molecule has 1 saturated heterocycles. The minimum Gasteiger partial charge on any atom is -0.497 e. The molecule has 136 valence electrons. The summed E-state index contributed by atoms with van der Waals surface area (Å²) in [4.78, 5) is 0.0791. The number of methoxy groups -OCH3 is 1. The molecular weight excluding hydrogens is 352 g/mol. The van der Waals surface area contributed by atoms with Gasteiger partial charge in [-0.25, -0.2) is 25.9 Å². The lowest BCUT2D eigenvalue weighted by Gasteiger charge is -2.19. The van der Waals surface area contributed by atoms with Crippen molar-refractivity contribution in [2.45, 2.75) is 30.6 Å². The number of benzene rings is 1. The highest BCUT2D eigenvalue weighted by molar-refractivity contribution is 7.90. The van der Waals surface area contributed by atoms with Gasteiger partial charge in [-0.15, -0.1) is 0 Å². The molecule has 0 spiro atoms. The molecule has 1 aromatic rings. The molecule has 1 fully saturated rings. The van der Waals surface area contributed by atoms with Crippen molar-refractivity contribution in [3.05, 3.63) is 24.3 Å². The van der Waals surface area contributed by atoms with E-state index in [2.05, 4.69) is 4.72 Å². The molecule has 0 aromatic heterocycles. The molecule has 0 unspecified atom stereocenters. The molecule has 7 nitrogen and oxygen atoms in total. The summed E-state index contributed by atoms with van der Waals surface area (Å²) >= 11 is 0. The van der Waals surface area contributed by atoms with Crippen molar-refractivity contribution >= 4 is 20.0 Å². The fraction of sp³-hybridized carbons (Fsp3) is 0.600. The zero-order valence-electron chi connectivity index (χ0n) is 13.8. The van der Waals surface area contributed by atoms with Gasteiger partial charge in [0.05, 0.1) is 17.8 Å². The average molecular weight is 377 g/mol. The molecule has 9 heteroatoms. The summed E-state index contributed by atoms with van der Waals surface area (Å²) in [5, 5.41) is 0. The van der Waals surface area contributed by atoms with E-state index in [0.29, 0.717) is 18.8 Å². The molecule has 1 heterocycles. The van der Waals surface area contributed by atoms with Crippen molar-refractivity contribution in [1.29, 1.82) is 0 Å². The van der Waals surface area contributed by atoms with E-state index in [0.717, 1.165) is 25.7 Å². The second kappa shape index (κ2) is 8.28. The van der Waals surface area contributed by atoms with Gasteiger partial charge >= 0.3 is 0 Å². The molecule has 0 atom stereocenters. The minimum atomic E-state index is -3.73. The summed E-state index contributed by atoms with van der Waals surface area (Å²) in [5.74, 6) is 0.320. The van der Waals surface area contributed by atoms with E-state index < -0.39 is 20.0 Å². The Balaban J connectivity index is 1.93.